The van der Waals surface area contributed by atoms with Crippen molar-refractivity contribution in [2.75, 3.05) is 0 Å². The van der Waals surface area contributed by atoms with Gasteiger partial charge < -0.3 is 9.52 Å². The number of furan rings is 1. The molecule has 0 saturated heterocycles. The molecule has 1 aromatic heterocycles. The van der Waals surface area contributed by atoms with Crippen LogP contribution in [-0.2, 0) is 19.3 Å². The van der Waals surface area contributed by atoms with Crippen molar-refractivity contribution in [1.29, 1.82) is 0 Å². The Hall–Kier alpha value is -1.54. The van der Waals surface area contributed by atoms with Crippen LogP contribution < -0.4 is 0 Å². The van der Waals surface area contributed by atoms with E-state index in [1.54, 1.807) is 0 Å². The van der Waals surface area contributed by atoms with Gasteiger partial charge in [0.25, 0.3) is 0 Å². The number of benzene rings is 1. The van der Waals surface area contributed by atoms with E-state index in [-0.39, 0.29) is 0 Å². The van der Waals surface area contributed by atoms with Crippen molar-refractivity contribution in [1.82, 2.24) is 0 Å². The lowest BCUT2D eigenvalue weighted by atomic mass is 9.88. The van der Waals surface area contributed by atoms with Gasteiger partial charge in [-0.3, -0.25) is 0 Å². The molecule has 2 rings (SSSR count). The van der Waals surface area contributed by atoms with Gasteiger partial charge in [0.05, 0.1) is 0 Å². The molecule has 0 aliphatic rings. The Labute approximate surface area is 127 Å². The fraction of sp³-hybridized carbons (Fsp3) is 0.474. The minimum Gasteiger partial charge on any atom is -0.466 e. The van der Waals surface area contributed by atoms with E-state index in [4.69, 9.17) is 4.42 Å². The number of hydrogen-bond acceptors (Lipinski definition) is 2. The van der Waals surface area contributed by atoms with Crippen molar-refractivity contribution in [3.05, 3.63) is 57.5 Å². The van der Waals surface area contributed by atoms with Gasteiger partial charge in [0.15, 0.2) is 0 Å². The van der Waals surface area contributed by atoms with Crippen LogP contribution in [0.25, 0.3) is 0 Å². The highest BCUT2D eigenvalue weighted by Gasteiger charge is 2.22. The Bertz CT molecular complexity index is 597. The van der Waals surface area contributed by atoms with E-state index in [0.29, 0.717) is 0 Å². The Morgan fingerprint density at radius 3 is 1.90 bits per heavy atom. The van der Waals surface area contributed by atoms with Crippen LogP contribution in [0.5, 0.6) is 0 Å². The van der Waals surface area contributed by atoms with Crippen LogP contribution in [0.1, 0.15) is 66.2 Å². The predicted octanol–water partition coefficient (Wildman–Crippen LogP) is 4.67. The Kier molecular flexibility index (Phi) is 4.89. The summed E-state index contributed by atoms with van der Waals surface area (Å²) in [6.45, 7) is 10.3. The zero-order chi connectivity index (χ0) is 15.6. The summed E-state index contributed by atoms with van der Waals surface area (Å²) in [4.78, 5) is 0. The van der Waals surface area contributed by atoms with Gasteiger partial charge in [-0.15, -0.1) is 0 Å². The molecule has 0 amide bonds. The second-order valence-electron chi connectivity index (χ2n) is 5.66. The van der Waals surface area contributed by atoms with Crippen molar-refractivity contribution in [3.63, 3.8) is 0 Å². The monoisotopic (exact) mass is 286 g/mol. The van der Waals surface area contributed by atoms with E-state index in [9.17, 15) is 5.11 Å². The molecule has 1 aromatic carbocycles. The molecule has 0 fully saturated rings. The molecule has 0 bridgehead atoms. The van der Waals surface area contributed by atoms with Crippen molar-refractivity contribution < 1.29 is 9.52 Å². The van der Waals surface area contributed by atoms with Crippen LogP contribution in [0.2, 0.25) is 0 Å². The van der Waals surface area contributed by atoms with Crippen molar-refractivity contribution in [2.24, 2.45) is 0 Å². The van der Waals surface area contributed by atoms with Gasteiger partial charge in [-0.05, 0) is 61.4 Å². The van der Waals surface area contributed by atoms with Crippen LogP contribution in [0, 0.1) is 13.8 Å². The summed E-state index contributed by atoms with van der Waals surface area (Å²) in [5.74, 6) is 1.66. The fourth-order valence-electron chi connectivity index (χ4n) is 3.07. The standard InChI is InChI=1S/C19H26O2/c1-6-14-10-15(7-2)18(16(8-3)11-14)19(20)17-9-12(4)21-13(17)5/h9-11,19-20H,6-8H2,1-5H3. The van der Waals surface area contributed by atoms with E-state index in [2.05, 4.69) is 32.9 Å². The van der Waals surface area contributed by atoms with Gasteiger partial charge in [0, 0.05) is 5.56 Å². The first-order valence-electron chi connectivity index (χ1n) is 7.91. The number of aliphatic hydroxyl groups is 1. The molecule has 1 atom stereocenters. The van der Waals surface area contributed by atoms with E-state index in [1.165, 1.54) is 16.7 Å². The summed E-state index contributed by atoms with van der Waals surface area (Å²) in [5.41, 5.74) is 5.80. The zero-order valence-electron chi connectivity index (χ0n) is 13.8. The minimum atomic E-state index is -0.599. The third-order valence-corrected chi connectivity index (χ3v) is 4.23. The third kappa shape index (κ3) is 3.06. The smallest absolute Gasteiger partial charge is 0.108 e. The highest BCUT2D eigenvalue weighted by Crippen LogP contribution is 2.33. The average molecular weight is 286 g/mol. The molecule has 0 spiro atoms. The van der Waals surface area contributed by atoms with Gasteiger partial charge in [0.1, 0.15) is 17.6 Å². The Morgan fingerprint density at radius 1 is 0.952 bits per heavy atom. The average Bonchev–Trinajstić information content (AvgIpc) is 2.83. The topological polar surface area (TPSA) is 33.4 Å². The molecule has 0 radical (unpaired) electrons. The third-order valence-electron chi connectivity index (χ3n) is 4.23. The lowest BCUT2D eigenvalue weighted by Crippen LogP contribution is -2.09. The normalized spacial score (nSPS) is 12.7. The van der Waals surface area contributed by atoms with E-state index >= 15 is 0 Å². The molecule has 1 unspecified atom stereocenters. The maximum absolute atomic E-state index is 10.9. The first-order valence-corrected chi connectivity index (χ1v) is 7.91. The predicted molar refractivity (Wildman–Crippen MR) is 86.8 cm³/mol. The Morgan fingerprint density at radius 2 is 1.52 bits per heavy atom. The van der Waals surface area contributed by atoms with E-state index in [0.717, 1.165) is 41.9 Å². The first kappa shape index (κ1) is 15.8. The molecular formula is C19H26O2. The summed E-state index contributed by atoms with van der Waals surface area (Å²) in [7, 11) is 0. The summed E-state index contributed by atoms with van der Waals surface area (Å²) < 4.78 is 5.59. The largest absolute Gasteiger partial charge is 0.466 e. The molecule has 0 saturated carbocycles. The van der Waals surface area contributed by atoms with E-state index in [1.807, 2.05) is 19.9 Å². The van der Waals surface area contributed by atoms with Crippen LogP contribution in [0.3, 0.4) is 0 Å². The molecule has 2 heteroatoms. The second-order valence-corrected chi connectivity index (χ2v) is 5.66. The number of rotatable bonds is 5. The minimum absolute atomic E-state index is 0.599. The summed E-state index contributed by atoms with van der Waals surface area (Å²) in [5, 5.41) is 10.9. The van der Waals surface area contributed by atoms with Gasteiger partial charge in [0.2, 0.25) is 0 Å². The molecule has 1 heterocycles. The molecule has 2 aromatic rings. The van der Waals surface area contributed by atoms with Crippen molar-refractivity contribution in [2.45, 2.75) is 60.0 Å². The van der Waals surface area contributed by atoms with Gasteiger partial charge in [-0.1, -0.05) is 32.9 Å². The highest BCUT2D eigenvalue weighted by atomic mass is 16.3. The molecule has 114 valence electrons. The SMILES string of the molecule is CCc1cc(CC)c(C(O)c2cc(C)oc2C)c(CC)c1. The number of aryl methyl sites for hydroxylation is 5. The number of hydrogen-bond donors (Lipinski definition) is 1. The van der Waals surface area contributed by atoms with Crippen LogP contribution in [0.15, 0.2) is 22.6 Å². The quantitative estimate of drug-likeness (QED) is 0.866. The van der Waals surface area contributed by atoms with Crippen molar-refractivity contribution in [3.8, 4) is 0 Å². The molecule has 2 nitrogen and oxygen atoms in total. The maximum atomic E-state index is 10.9. The molecule has 0 aliphatic heterocycles. The summed E-state index contributed by atoms with van der Waals surface area (Å²) in [6, 6.07) is 6.42. The maximum Gasteiger partial charge on any atom is 0.108 e. The van der Waals surface area contributed by atoms with Gasteiger partial charge in [-0.2, -0.15) is 0 Å². The lowest BCUT2D eigenvalue weighted by molar-refractivity contribution is 0.215. The van der Waals surface area contributed by atoms with Crippen LogP contribution >= 0.6 is 0 Å². The molecule has 21 heavy (non-hydrogen) atoms. The van der Waals surface area contributed by atoms with E-state index < -0.39 is 6.10 Å². The molecular weight excluding hydrogens is 260 g/mol. The van der Waals surface area contributed by atoms with Crippen molar-refractivity contribution >= 4 is 0 Å². The van der Waals surface area contributed by atoms with Gasteiger partial charge in [-0.25, -0.2) is 0 Å². The summed E-state index contributed by atoms with van der Waals surface area (Å²) >= 11 is 0. The first-order chi connectivity index (χ1) is 10.0. The summed E-state index contributed by atoms with van der Waals surface area (Å²) in [6.07, 6.45) is 2.30. The fourth-order valence-corrected chi connectivity index (χ4v) is 3.07. The zero-order valence-corrected chi connectivity index (χ0v) is 13.8. The van der Waals surface area contributed by atoms with Crippen LogP contribution in [0.4, 0.5) is 0 Å². The molecule has 1 N–H and O–H groups in total. The molecule has 0 aliphatic carbocycles. The second kappa shape index (κ2) is 6.48. The van der Waals surface area contributed by atoms with Crippen LogP contribution in [-0.4, -0.2) is 5.11 Å². The van der Waals surface area contributed by atoms with Gasteiger partial charge >= 0.3 is 0 Å². The lowest BCUT2D eigenvalue weighted by Gasteiger charge is -2.20. The number of aliphatic hydroxyl groups excluding tert-OH is 1. The Balaban J connectivity index is 2.58. The highest BCUT2D eigenvalue weighted by molar-refractivity contribution is 5.45.